The van der Waals surface area contributed by atoms with Crippen LogP contribution in [0.2, 0.25) is 0 Å². The largest absolute Gasteiger partial charge is 0.493 e. The van der Waals surface area contributed by atoms with Gasteiger partial charge in [-0.05, 0) is 37.1 Å². The lowest BCUT2D eigenvalue weighted by atomic mass is 10.2. The Bertz CT molecular complexity index is 719. The van der Waals surface area contributed by atoms with Crippen molar-refractivity contribution >= 4 is 11.6 Å². The molecule has 0 fully saturated rings. The SMILES string of the molecule is CCC(C)NC(=O)c1cncc(NCc2ccc(OC)c(OC)c2)c1. The molecular weight excluding hydrogens is 318 g/mol. The molecule has 0 bridgehead atoms. The lowest BCUT2D eigenvalue weighted by Crippen LogP contribution is -2.32. The summed E-state index contributed by atoms with van der Waals surface area (Å²) >= 11 is 0. The number of nitrogens with zero attached hydrogens (tertiary/aromatic N) is 1. The molecule has 0 spiro atoms. The number of hydrogen-bond acceptors (Lipinski definition) is 5. The fraction of sp³-hybridized carbons (Fsp3) is 0.368. The first kappa shape index (κ1) is 18.6. The molecule has 0 saturated carbocycles. The highest BCUT2D eigenvalue weighted by Gasteiger charge is 2.10. The van der Waals surface area contributed by atoms with E-state index in [2.05, 4.69) is 15.6 Å². The van der Waals surface area contributed by atoms with Gasteiger partial charge < -0.3 is 20.1 Å². The highest BCUT2D eigenvalue weighted by atomic mass is 16.5. The zero-order valence-corrected chi connectivity index (χ0v) is 15.1. The van der Waals surface area contributed by atoms with Crippen molar-refractivity contribution in [3.8, 4) is 11.5 Å². The van der Waals surface area contributed by atoms with Crippen molar-refractivity contribution in [2.24, 2.45) is 0 Å². The molecule has 134 valence electrons. The summed E-state index contributed by atoms with van der Waals surface area (Å²) in [6.45, 7) is 4.59. The first-order chi connectivity index (χ1) is 12.1. The molecule has 0 radical (unpaired) electrons. The Hall–Kier alpha value is -2.76. The predicted molar refractivity (Wildman–Crippen MR) is 98.3 cm³/mol. The van der Waals surface area contributed by atoms with Gasteiger partial charge >= 0.3 is 0 Å². The van der Waals surface area contributed by atoms with E-state index in [1.165, 1.54) is 0 Å². The Labute approximate surface area is 148 Å². The van der Waals surface area contributed by atoms with Gasteiger partial charge in [0.15, 0.2) is 11.5 Å². The molecule has 1 atom stereocenters. The quantitative estimate of drug-likeness (QED) is 0.770. The van der Waals surface area contributed by atoms with Gasteiger partial charge in [0.2, 0.25) is 0 Å². The monoisotopic (exact) mass is 343 g/mol. The molecule has 0 saturated heterocycles. The van der Waals surface area contributed by atoms with Crippen LogP contribution in [0.25, 0.3) is 0 Å². The Morgan fingerprint density at radius 2 is 1.92 bits per heavy atom. The van der Waals surface area contributed by atoms with E-state index < -0.39 is 0 Å². The number of aromatic nitrogens is 1. The van der Waals surface area contributed by atoms with E-state index >= 15 is 0 Å². The summed E-state index contributed by atoms with van der Waals surface area (Å²) in [4.78, 5) is 16.3. The number of benzene rings is 1. The van der Waals surface area contributed by atoms with Crippen LogP contribution in [0.3, 0.4) is 0 Å². The molecular formula is C19H25N3O3. The summed E-state index contributed by atoms with van der Waals surface area (Å²) in [6.07, 6.45) is 4.15. The van der Waals surface area contributed by atoms with Gasteiger partial charge in [-0.15, -0.1) is 0 Å². The minimum Gasteiger partial charge on any atom is -0.493 e. The number of pyridine rings is 1. The molecule has 2 rings (SSSR count). The van der Waals surface area contributed by atoms with Gasteiger partial charge in [-0.1, -0.05) is 13.0 Å². The third kappa shape index (κ3) is 5.11. The van der Waals surface area contributed by atoms with E-state index in [0.29, 0.717) is 23.6 Å². The van der Waals surface area contributed by atoms with Gasteiger partial charge in [0.1, 0.15) is 0 Å². The molecule has 25 heavy (non-hydrogen) atoms. The van der Waals surface area contributed by atoms with Crippen molar-refractivity contribution in [3.05, 3.63) is 47.8 Å². The second kappa shape index (κ2) is 8.92. The molecule has 2 aromatic rings. The number of anilines is 1. The van der Waals surface area contributed by atoms with E-state index in [-0.39, 0.29) is 11.9 Å². The fourth-order valence-electron chi connectivity index (χ4n) is 2.26. The number of carbonyl (C=O) groups excluding carboxylic acids is 1. The zero-order valence-electron chi connectivity index (χ0n) is 15.1. The van der Waals surface area contributed by atoms with Crippen LogP contribution in [0.15, 0.2) is 36.7 Å². The second-order valence-corrected chi connectivity index (χ2v) is 5.79. The number of methoxy groups -OCH3 is 2. The molecule has 0 aliphatic heterocycles. The summed E-state index contributed by atoms with van der Waals surface area (Å²) in [5.41, 5.74) is 2.36. The summed E-state index contributed by atoms with van der Waals surface area (Å²) in [5.74, 6) is 1.26. The highest BCUT2D eigenvalue weighted by molar-refractivity contribution is 5.94. The van der Waals surface area contributed by atoms with Crippen LogP contribution in [0.5, 0.6) is 11.5 Å². The minimum absolute atomic E-state index is 0.114. The first-order valence-electron chi connectivity index (χ1n) is 8.28. The Kier molecular flexibility index (Phi) is 6.62. The Morgan fingerprint density at radius 1 is 1.16 bits per heavy atom. The van der Waals surface area contributed by atoms with Gasteiger partial charge in [-0.3, -0.25) is 9.78 Å². The summed E-state index contributed by atoms with van der Waals surface area (Å²) in [7, 11) is 3.22. The molecule has 6 nitrogen and oxygen atoms in total. The standard InChI is InChI=1S/C19H25N3O3/c1-5-13(2)22-19(23)15-9-16(12-20-11-15)21-10-14-6-7-17(24-3)18(8-14)25-4/h6-9,11-13,21H,5,10H2,1-4H3,(H,22,23). The maximum absolute atomic E-state index is 12.2. The van der Waals surface area contributed by atoms with Crippen molar-refractivity contribution < 1.29 is 14.3 Å². The van der Waals surface area contributed by atoms with Crippen molar-refractivity contribution in [1.29, 1.82) is 0 Å². The fourth-order valence-corrected chi connectivity index (χ4v) is 2.26. The third-order valence-corrected chi connectivity index (χ3v) is 3.93. The molecule has 1 aromatic heterocycles. The lowest BCUT2D eigenvalue weighted by Gasteiger charge is -2.13. The van der Waals surface area contributed by atoms with Gasteiger partial charge in [-0.2, -0.15) is 0 Å². The maximum Gasteiger partial charge on any atom is 0.253 e. The molecule has 0 aliphatic carbocycles. The average Bonchev–Trinajstić information content (AvgIpc) is 2.66. The van der Waals surface area contributed by atoms with Crippen LogP contribution in [0.4, 0.5) is 5.69 Å². The predicted octanol–water partition coefficient (Wildman–Crippen LogP) is 3.24. The number of hydrogen-bond donors (Lipinski definition) is 2. The molecule has 6 heteroatoms. The van der Waals surface area contributed by atoms with Crippen molar-refractivity contribution in [2.75, 3.05) is 19.5 Å². The summed E-state index contributed by atoms with van der Waals surface area (Å²) in [6, 6.07) is 7.67. The smallest absolute Gasteiger partial charge is 0.253 e. The zero-order chi connectivity index (χ0) is 18.2. The minimum atomic E-state index is -0.114. The van der Waals surface area contributed by atoms with Crippen molar-refractivity contribution in [2.45, 2.75) is 32.9 Å². The second-order valence-electron chi connectivity index (χ2n) is 5.79. The van der Waals surface area contributed by atoms with Gasteiger partial charge in [0, 0.05) is 25.0 Å². The Balaban J connectivity index is 2.04. The molecule has 1 aromatic carbocycles. The highest BCUT2D eigenvalue weighted by Crippen LogP contribution is 2.27. The van der Waals surface area contributed by atoms with Gasteiger partial charge in [0.25, 0.3) is 5.91 Å². The lowest BCUT2D eigenvalue weighted by molar-refractivity contribution is 0.0939. The number of ether oxygens (including phenoxy) is 2. The topological polar surface area (TPSA) is 72.5 Å². The van der Waals surface area contributed by atoms with E-state index in [1.807, 2.05) is 32.0 Å². The van der Waals surface area contributed by atoms with Crippen LogP contribution >= 0.6 is 0 Å². The number of amides is 1. The van der Waals surface area contributed by atoms with Crippen molar-refractivity contribution in [3.63, 3.8) is 0 Å². The number of nitrogens with one attached hydrogen (secondary N) is 2. The maximum atomic E-state index is 12.2. The molecule has 1 heterocycles. The van der Waals surface area contributed by atoms with Crippen molar-refractivity contribution in [1.82, 2.24) is 10.3 Å². The van der Waals surface area contributed by atoms with E-state index in [4.69, 9.17) is 9.47 Å². The first-order valence-corrected chi connectivity index (χ1v) is 8.28. The average molecular weight is 343 g/mol. The number of rotatable bonds is 8. The van der Waals surface area contributed by atoms with Crippen LogP contribution in [0.1, 0.15) is 36.2 Å². The van der Waals surface area contributed by atoms with E-state index in [9.17, 15) is 4.79 Å². The van der Waals surface area contributed by atoms with E-state index in [1.54, 1.807) is 32.7 Å². The van der Waals surface area contributed by atoms with Crippen LogP contribution in [0, 0.1) is 0 Å². The normalized spacial score (nSPS) is 11.5. The van der Waals surface area contributed by atoms with Gasteiger partial charge in [-0.25, -0.2) is 0 Å². The summed E-state index contributed by atoms with van der Waals surface area (Å²) in [5, 5.41) is 6.21. The molecule has 1 amide bonds. The molecule has 0 aliphatic rings. The van der Waals surface area contributed by atoms with Crippen LogP contribution in [-0.4, -0.2) is 31.2 Å². The molecule has 2 N–H and O–H groups in total. The van der Waals surface area contributed by atoms with Gasteiger partial charge in [0.05, 0.1) is 25.5 Å². The van der Waals surface area contributed by atoms with Crippen LogP contribution < -0.4 is 20.1 Å². The Morgan fingerprint density at radius 3 is 2.60 bits per heavy atom. The van der Waals surface area contributed by atoms with Crippen LogP contribution in [-0.2, 0) is 6.54 Å². The summed E-state index contributed by atoms with van der Waals surface area (Å²) < 4.78 is 10.5. The molecule has 1 unspecified atom stereocenters. The third-order valence-electron chi connectivity index (χ3n) is 3.93. The number of carbonyl (C=O) groups is 1. The van der Waals surface area contributed by atoms with E-state index in [0.717, 1.165) is 17.7 Å².